The monoisotopic (exact) mass is 276 g/mol. The minimum Gasteiger partial charge on any atom is -0.396 e. The zero-order chi connectivity index (χ0) is 14.9. The maximum Gasteiger partial charge on any atom is 0.249 e. The first kappa shape index (κ1) is 17.8. The minimum atomic E-state index is -1.32. The Morgan fingerprint density at radius 1 is 1.16 bits per heavy atom. The number of aliphatic hydroxyl groups is 3. The van der Waals surface area contributed by atoms with E-state index in [1.807, 2.05) is 0 Å². The molecule has 7 nitrogen and oxygen atoms in total. The van der Waals surface area contributed by atoms with Crippen molar-refractivity contribution >= 4 is 11.8 Å². The first-order valence-corrected chi connectivity index (χ1v) is 6.29. The van der Waals surface area contributed by atoms with E-state index in [2.05, 4.69) is 10.6 Å². The van der Waals surface area contributed by atoms with Crippen molar-refractivity contribution in [2.24, 2.45) is 5.41 Å². The molecule has 0 aromatic rings. The van der Waals surface area contributed by atoms with Gasteiger partial charge in [0.05, 0.1) is 6.61 Å². The zero-order valence-corrected chi connectivity index (χ0v) is 11.5. The first-order valence-electron chi connectivity index (χ1n) is 6.29. The van der Waals surface area contributed by atoms with Gasteiger partial charge in [-0.05, 0) is 6.42 Å². The third-order valence-corrected chi connectivity index (χ3v) is 2.70. The molecular weight excluding hydrogens is 252 g/mol. The fourth-order valence-electron chi connectivity index (χ4n) is 1.23. The molecule has 1 atom stereocenters. The van der Waals surface area contributed by atoms with Gasteiger partial charge in [-0.3, -0.25) is 9.59 Å². The van der Waals surface area contributed by atoms with Crippen molar-refractivity contribution in [1.82, 2.24) is 10.6 Å². The highest BCUT2D eigenvalue weighted by molar-refractivity contribution is 5.82. The lowest BCUT2D eigenvalue weighted by Gasteiger charge is -2.27. The number of rotatable bonds is 9. The van der Waals surface area contributed by atoms with E-state index in [-0.39, 0.29) is 32.1 Å². The number of carbonyl (C=O) groups excluding carboxylic acids is 2. The molecule has 0 aromatic carbocycles. The Labute approximate surface area is 113 Å². The van der Waals surface area contributed by atoms with Crippen molar-refractivity contribution in [2.45, 2.75) is 32.8 Å². The number of carbonyl (C=O) groups is 2. The normalized spacial score (nSPS) is 12.9. The van der Waals surface area contributed by atoms with Crippen molar-refractivity contribution in [3.8, 4) is 0 Å². The largest absolute Gasteiger partial charge is 0.396 e. The van der Waals surface area contributed by atoms with Crippen LogP contribution in [0, 0.1) is 5.41 Å². The second-order valence-corrected chi connectivity index (χ2v) is 5.02. The molecular formula is C12H24N2O5. The lowest BCUT2D eigenvalue weighted by Crippen LogP contribution is -2.46. The van der Waals surface area contributed by atoms with Crippen LogP contribution < -0.4 is 10.6 Å². The summed E-state index contributed by atoms with van der Waals surface area (Å²) in [7, 11) is 0. The highest BCUT2D eigenvalue weighted by atomic mass is 16.3. The maximum absolute atomic E-state index is 11.6. The summed E-state index contributed by atoms with van der Waals surface area (Å²) in [6.45, 7) is 3.34. The molecule has 0 aliphatic rings. The molecule has 112 valence electrons. The lowest BCUT2D eigenvalue weighted by molar-refractivity contribution is -0.137. The summed E-state index contributed by atoms with van der Waals surface area (Å²) in [5, 5.41) is 32.2. The van der Waals surface area contributed by atoms with Crippen LogP contribution in [0.25, 0.3) is 0 Å². The van der Waals surface area contributed by atoms with Crippen molar-refractivity contribution in [3.63, 3.8) is 0 Å². The van der Waals surface area contributed by atoms with Crippen LogP contribution in [0.5, 0.6) is 0 Å². The van der Waals surface area contributed by atoms with E-state index in [0.717, 1.165) is 0 Å². The molecule has 0 fully saturated rings. The third kappa shape index (κ3) is 7.09. The van der Waals surface area contributed by atoms with Crippen LogP contribution in [0.3, 0.4) is 0 Å². The molecule has 0 bridgehead atoms. The van der Waals surface area contributed by atoms with Crippen molar-refractivity contribution in [1.29, 1.82) is 0 Å². The van der Waals surface area contributed by atoms with Gasteiger partial charge in [-0.25, -0.2) is 0 Å². The Morgan fingerprint density at radius 3 is 2.32 bits per heavy atom. The number of hydrogen-bond donors (Lipinski definition) is 5. The summed E-state index contributed by atoms with van der Waals surface area (Å²) in [6.07, 6.45) is -0.736. The fraction of sp³-hybridized carbons (Fsp3) is 0.833. The Morgan fingerprint density at radius 2 is 1.79 bits per heavy atom. The second kappa shape index (κ2) is 8.84. The van der Waals surface area contributed by atoms with E-state index in [0.29, 0.717) is 13.0 Å². The van der Waals surface area contributed by atoms with Gasteiger partial charge in [0.2, 0.25) is 11.8 Å². The van der Waals surface area contributed by atoms with Crippen molar-refractivity contribution in [2.75, 3.05) is 26.3 Å². The molecule has 0 unspecified atom stereocenters. The fourth-order valence-corrected chi connectivity index (χ4v) is 1.23. The predicted octanol–water partition coefficient (Wildman–Crippen LogP) is -1.63. The molecule has 0 heterocycles. The standard InChI is InChI=1S/C12H24N2O5/c1-12(2,8-16)10(18)11(19)14-6-4-9(17)13-5-3-7-15/h10,15-16,18H,3-8H2,1-2H3,(H,13,17)(H,14,19)/t10-/m0/s1. The van der Waals surface area contributed by atoms with Gasteiger partial charge >= 0.3 is 0 Å². The van der Waals surface area contributed by atoms with Crippen LogP contribution >= 0.6 is 0 Å². The van der Waals surface area contributed by atoms with E-state index < -0.39 is 17.4 Å². The van der Waals surface area contributed by atoms with Crippen molar-refractivity contribution in [3.05, 3.63) is 0 Å². The van der Waals surface area contributed by atoms with Gasteiger partial charge in [0.25, 0.3) is 0 Å². The molecule has 0 aromatic heterocycles. The molecule has 5 N–H and O–H groups in total. The highest BCUT2D eigenvalue weighted by Crippen LogP contribution is 2.19. The predicted molar refractivity (Wildman–Crippen MR) is 69.2 cm³/mol. The smallest absolute Gasteiger partial charge is 0.249 e. The van der Waals surface area contributed by atoms with Crippen LogP contribution in [-0.4, -0.2) is 59.5 Å². The summed E-state index contributed by atoms with van der Waals surface area (Å²) in [5.74, 6) is -0.841. The first-order chi connectivity index (χ1) is 8.85. The zero-order valence-electron chi connectivity index (χ0n) is 11.5. The Balaban J connectivity index is 3.88. The Hall–Kier alpha value is -1.18. The van der Waals surface area contributed by atoms with E-state index in [1.54, 1.807) is 13.8 Å². The molecule has 19 heavy (non-hydrogen) atoms. The summed E-state index contributed by atoms with van der Waals surface area (Å²) < 4.78 is 0. The average Bonchev–Trinajstić information content (AvgIpc) is 2.38. The number of amides is 2. The second-order valence-electron chi connectivity index (χ2n) is 5.02. The van der Waals surface area contributed by atoms with E-state index in [4.69, 9.17) is 10.2 Å². The number of nitrogens with one attached hydrogen (secondary N) is 2. The SMILES string of the molecule is CC(C)(CO)[C@@H](O)C(=O)NCCC(=O)NCCCO. The summed E-state index contributed by atoms with van der Waals surface area (Å²) in [5.41, 5.74) is -0.923. The summed E-state index contributed by atoms with van der Waals surface area (Å²) in [6, 6.07) is 0. The van der Waals surface area contributed by atoms with E-state index in [9.17, 15) is 14.7 Å². The topological polar surface area (TPSA) is 119 Å². The quantitative estimate of drug-likeness (QED) is 0.324. The highest BCUT2D eigenvalue weighted by Gasteiger charge is 2.32. The van der Waals surface area contributed by atoms with Gasteiger partial charge < -0.3 is 26.0 Å². The Bertz CT molecular complexity index is 294. The third-order valence-electron chi connectivity index (χ3n) is 2.70. The summed E-state index contributed by atoms with van der Waals surface area (Å²) in [4.78, 5) is 22.8. The van der Waals surface area contributed by atoms with Gasteiger partial charge in [-0.1, -0.05) is 13.8 Å². The van der Waals surface area contributed by atoms with E-state index in [1.165, 1.54) is 0 Å². The molecule has 7 heteroatoms. The molecule has 0 aliphatic carbocycles. The molecule has 0 aliphatic heterocycles. The van der Waals surface area contributed by atoms with Gasteiger partial charge in [-0.15, -0.1) is 0 Å². The van der Waals surface area contributed by atoms with Crippen molar-refractivity contribution < 1.29 is 24.9 Å². The lowest BCUT2D eigenvalue weighted by atomic mass is 9.87. The summed E-state index contributed by atoms with van der Waals surface area (Å²) >= 11 is 0. The van der Waals surface area contributed by atoms with Crippen LogP contribution in [0.1, 0.15) is 26.7 Å². The Kier molecular flexibility index (Phi) is 8.29. The van der Waals surface area contributed by atoms with Gasteiger partial charge in [0.1, 0.15) is 6.10 Å². The number of hydrogen-bond acceptors (Lipinski definition) is 5. The number of aliphatic hydroxyl groups excluding tert-OH is 3. The van der Waals surface area contributed by atoms with Crippen LogP contribution in [0.2, 0.25) is 0 Å². The molecule has 0 spiro atoms. The average molecular weight is 276 g/mol. The molecule has 0 rings (SSSR count). The molecule has 0 saturated carbocycles. The van der Waals surface area contributed by atoms with Crippen LogP contribution in [0.15, 0.2) is 0 Å². The van der Waals surface area contributed by atoms with Gasteiger partial charge in [0.15, 0.2) is 0 Å². The van der Waals surface area contributed by atoms with E-state index >= 15 is 0 Å². The molecule has 0 saturated heterocycles. The molecule has 0 radical (unpaired) electrons. The van der Waals surface area contributed by atoms with Crippen LogP contribution in [-0.2, 0) is 9.59 Å². The van der Waals surface area contributed by atoms with Gasteiger partial charge in [-0.2, -0.15) is 0 Å². The maximum atomic E-state index is 11.6. The van der Waals surface area contributed by atoms with Crippen LogP contribution in [0.4, 0.5) is 0 Å². The molecule has 2 amide bonds. The minimum absolute atomic E-state index is 0.0133. The van der Waals surface area contributed by atoms with Gasteiger partial charge in [0, 0.05) is 31.5 Å².